The van der Waals surface area contributed by atoms with Crippen LogP contribution in [0.2, 0.25) is 0 Å². The summed E-state index contributed by atoms with van der Waals surface area (Å²) in [7, 11) is 0. The van der Waals surface area contributed by atoms with E-state index in [4.69, 9.17) is 0 Å². The van der Waals surface area contributed by atoms with Crippen LogP contribution in [-0.2, 0) is 0 Å². The maximum Gasteiger partial charge on any atom is 0.0600 e. The smallest absolute Gasteiger partial charge is 0.0600 e. The van der Waals surface area contributed by atoms with E-state index in [1.807, 2.05) is 0 Å². The Kier molecular flexibility index (Phi) is 2.94. The van der Waals surface area contributed by atoms with Crippen molar-refractivity contribution in [3.63, 3.8) is 0 Å². The van der Waals surface area contributed by atoms with E-state index < -0.39 is 0 Å². The summed E-state index contributed by atoms with van der Waals surface area (Å²) in [4.78, 5) is 0. The van der Waals surface area contributed by atoms with Gasteiger partial charge in [-0.2, -0.15) is 0 Å². The van der Waals surface area contributed by atoms with Gasteiger partial charge in [0.2, 0.25) is 0 Å². The molecule has 0 spiro atoms. The Balaban J connectivity index is 2.40. The maximum absolute atomic E-state index is 9.54. The second kappa shape index (κ2) is 3.57. The molecule has 3 unspecified atom stereocenters. The quantitative estimate of drug-likeness (QED) is 0.615. The van der Waals surface area contributed by atoms with Crippen molar-refractivity contribution in [1.82, 2.24) is 0 Å². The Morgan fingerprint density at radius 3 is 2.45 bits per heavy atom. The van der Waals surface area contributed by atoms with Crippen molar-refractivity contribution in [3.8, 4) is 0 Å². The van der Waals surface area contributed by atoms with E-state index in [9.17, 15) is 5.11 Å². The molecule has 1 aliphatic rings. The second-order valence-corrected chi connectivity index (χ2v) is 4.15. The maximum atomic E-state index is 9.54. The van der Waals surface area contributed by atoms with Crippen LogP contribution in [0, 0.1) is 24.2 Å². The lowest BCUT2D eigenvalue weighted by molar-refractivity contribution is 0.0920. The van der Waals surface area contributed by atoms with Crippen LogP contribution in [0.25, 0.3) is 0 Å². The average molecular weight is 155 g/mol. The highest BCUT2D eigenvalue weighted by atomic mass is 16.3. The fourth-order valence-electron chi connectivity index (χ4n) is 1.72. The Morgan fingerprint density at radius 2 is 2.00 bits per heavy atom. The molecule has 0 aromatic heterocycles. The van der Waals surface area contributed by atoms with Gasteiger partial charge in [-0.15, -0.1) is 0 Å². The molecule has 0 aromatic rings. The summed E-state index contributed by atoms with van der Waals surface area (Å²) in [5.74, 6) is 1.81. The summed E-state index contributed by atoms with van der Waals surface area (Å²) in [5.41, 5.74) is 0. The first-order chi connectivity index (χ1) is 5.11. The van der Waals surface area contributed by atoms with Crippen molar-refractivity contribution in [2.75, 3.05) is 0 Å². The molecule has 1 aliphatic carbocycles. The molecule has 1 N–H and O–H groups in total. The van der Waals surface area contributed by atoms with Crippen LogP contribution in [0.4, 0.5) is 0 Å². The van der Waals surface area contributed by atoms with Crippen LogP contribution < -0.4 is 0 Å². The van der Waals surface area contributed by atoms with Crippen molar-refractivity contribution >= 4 is 0 Å². The van der Waals surface area contributed by atoms with Crippen LogP contribution in [0.15, 0.2) is 0 Å². The molecule has 0 aliphatic heterocycles. The number of hydrogen-bond donors (Lipinski definition) is 1. The average Bonchev–Trinajstić information content (AvgIpc) is 1.94. The SMILES string of the molecule is CC(C)C1[CH]C(O)C(C)CC1. The number of hydrogen-bond acceptors (Lipinski definition) is 1. The van der Waals surface area contributed by atoms with Crippen LogP contribution in [0.1, 0.15) is 33.6 Å². The van der Waals surface area contributed by atoms with Gasteiger partial charge >= 0.3 is 0 Å². The second-order valence-electron chi connectivity index (χ2n) is 4.15. The minimum atomic E-state index is -0.156. The van der Waals surface area contributed by atoms with Crippen LogP contribution in [0.3, 0.4) is 0 Å². The van der Waals surface area contributed by atoms with Gasteiger partial charge < -0.3 is 5.11 Å². The van der Waals surface area contributed by atoms with Gasteiger partial charge in [0.15, 0.2) is 0 Å². The molecule has 0 amide bonds. The highest BCUT2D eigenvalue weighted by Crippen LogP contribution is 2.32. The molecule has 0 aromatic carbocycles. The zero-order valence-corrected chi connectivity index (χ0v) is 7.75. The summed E-state index contributed by atoms with van der Waals surface area (Å²) in [6.07, 6.45) is 4.41. The molecule has 1 radical (unpaired) electrons. The van der Waals surface area contributed by atoms with Gasteiger partial charge in [0.05, 0.1) is 6.10 Å². The number of aliphatic hydroxyl groups is 1. The van der Waals surface area contributed by atoms with E-state index in [2.05, 4.69) is 27.2 Å². The van der Waals surface area contributed by atoms with Gasteiger partial charge in [-0.3, -0.25) is 0 Å². The molecule has 65 valence electrons. The molecule has 1 heteroatoms. The molecule has 11 heavy (non-hydrogen) atoms. The van der Waals surface area contributed by atoms with Crippen molar-refractivity contribution in [1.29, 1.82) is 0 Å². The zero-order valence-electron chi connectivity index (χ0n) is 7.75. The number of rotatable bonds is 1. The summed E-state index contributed by atoms with van der Waals surface area (Å²) in [6, 6.07) is 0. The van der Waals surface area contributed by atoms with Gasteiger partial charge in [0, 0.05) is 0 Å². The van der Waals surface area contributed by atoms with E-state index in [1.54, 1.807) is 0 Å². The molecule has 3 atom stereocenters. The fraction of sp³-hybridized carbons (Fsp3) is 0.900. The summed E-state index contributed by atoms with van der Waals surface area (Å²) in [6.45, 7) is 6.57. The van der Waals surface area contributed by atoms with Gasteiger partial charge in [-0.1, -0.05) is 20.8 Å². The monoisotopic (exact) mass is 155 g/mol. The van der Waals surface area contributed by atoms with Gasteiger partial charge in [0.25, 0.3) is 0 Å². The van der Waals surface area contributed by atoms with Gasteiger partial charge in [0.1, 0.15) is 0 Å². The first kappa shape index (κ1) is 9.05. The lowest BCUT2D eigenvalue weighted by Gasteiger charge is -2.32. The third-order valence-corrected chi connectivity index (χ3v) is 2.84. The molecule has 0 heterocycles. The first-order valence-electron chi connectivity index (χ1n) is 4.64. The van der Waals surface area contributed by atoms with Crippen LogP contribution in [-0.4, -0.2) is 11.2 Å². The summed E-state index contributed by atoms with van der Waals surface area (Å²) in [5, 5.41) is 9.54. The molecule has 1 saturated carbocycles. The predicted octanol–water partition coefficient (Wildman–Crippen LogP) is 2.25. The third-order valence-electron chi connectivity index (χ3n) is 2.84. The third kappa shape index (κ3) is 2.19. The van der Waals surface area contributed by atoms with Crippen molar-refractivity contribution in [3.05, 3.63) is 6.42 Å². The molecular weight excluding hydrogens is 136 g/mol. The Morgan fingerprint density at radius 1 is 1.36 bits per heavy atom. The highest BCUT2D eigenvalue weighted by Gasteiger charge is 2.27. The standard InChI is InChI=1S/C10H19O/c1-7(2)9-5-4-8(3)10(11)6-9/h6-11H,4-5H2,1-3H3. The Labute approximate surface area is 69.8 Å². The zero-order chi connectivity index (χ0) is 8.43. The topological polar surface area (TPSA) is 20.2 Å². The molecule has 1 nitrogen and oxygen atoms in total. The fourth-order valence-corrected chi connectivity index (χ4v) is 1.72. The van der Waals surface area contributed by atoms with Crippen LogP contribution in [0.5, 0.6) is 0 Å². The predicted molar refractivity (Wildman–Crippen MR) is 47.0 cm³/mol. The van der Waals surface area contributed by atoms with E-state index in [0.717, 1.165) is 0 Å². The molecule has 0 saturated heterocycles. The van der Waals surface area contributed by atoms with Crippen molar-refractivity contribution < 1.29 is 5.11 Å². The van der Waals surface area contributed by atoms with Gasteiger partial charge in [-0.05, 0) is 37.0 Å². The highest BCUT2D eigenvalue weighted by molar-refractivity contribution is 4.92. The minimum absolute atomic E-state index is 0.156. The lowest BCUT2D eigenvalue weighted by atomic mass is 9.76. The molecular formula is C10H19O. The van der Waals surface area contributed by atoms with Crippen LogP contribution >= 0.6 is 0 Å². The Bertz CT molecular complexity index is 120. The number of aliphatic hydroxyl groups excluding tert-OH is 1. The van der Waals surface area contributed by atoms with E-state index in [0.29, 0.717) is 17.8 Å². The van der Waals surface area contributed by atoms with Crippen molar-refractivity contribution in [2.45, 2.75) is 39.7 Å². The van der Waals surface area contributed by atoms with Crippen molar-refractivity contribution in [2.24, 2.45) is 17.8 Å². The Hall–Kier alpha value is -0.0400. The minimum Gasteiger partial charge on any atom is -0.393 e. The lowest BCUT2D eigenvalue weighted by Crippen LogP contribution is -2.30. The summed E-state index contributed by atoms with van der Waals surface area (Å²) < 4.78 is 0. The van der Waals surface area contributed by atoms with E-state index in [-0.39, 0.29) is 6.10 Å². The normalized spacial score (nSPS) is 39.5. The molecule has 1 rings (SSSR count). The van der Waals surface area contributed by atoms with E-state index >= 15 is 0 Å². The van der Waals surface area contributed by atoms with E-state index in [1.165, 1.54) is 12.8 Å². The summed E-state index contributed by atoms with van der Waals surface area (Å²) >= 11 is 0. The largest absolute Gasteiger partial charge is 0.393 e. The first-order valence-corrected chi connectivity index (χ1v) is 4.64. The van der Waals surface area contributed by atoms with Gasteiger partial charge in [-0.25, -0.2) is 0 Å². The molecule has 0 bridgehead atoms. The molecule has 1 fully saturated rings.